The summed E-state index contributed by atoms with van der Waals surface area (Å²) in [7, 11) is 12.7. The van der Waals surface area contributed by atoms with E-state index in [2.05, 4.69) is 17.1 Å². The molecule has 3 rings (SSSR count). The highest BCUT2D eigenvalue weighted by molar-refractivity contribution is 6.40. The third-order valence-electron chi connectivity index (χ3n) is 4.36. The predicted molar refractivity (Wildman–Crippen MR) is 84.8 cm³/mol. The van der Waals surface area contributed by atoms with Gasteiger partial charge < -0.3 is 0 Å². The predicted octanol–water partition coefficient (Wildman–Crippen LogP) is 3.43. The standard InChI is InChI=1S/C17H17B2N/c18-17(19,14-8-4-5-9-14)15-10-11-16(20-12-15)13-6-2-1-3-7-13/h1-3,6-7,10-12,14H,4-5,8-9H2. The van der Waals surface area contributed by atoms with Crippen LogP contribution in [-0.2, 0) is 5.21 Å². The summed E-state index contributed by atoms with van der Waals surface area (Å²) >= 11 is 0. The van der Waals surface area contributed by atoms with Crippen LogP contribution in [0.4, 0.5) is 0 Å². The first kappa shape index (κ1) is 13.5. The van der Waals surface area contributed by atoms with Crippen molar-refractivity contribution in [2.45, 2.75) is 30.9 Å². The summed E-state index contributed by atoms with van der Waals surface area (Å²) in [5, 5.41) is -0.751. The number of hydrogen-bond acceptors (Lipinski definition) is 1. The zero-order valence-electron chi connectivity index (χ0n) is 11.6. The second-order valence-corrected chi connectivity index (χ2v) is 5.71. The maximum atomic E-state index is 6.37. The van der Waals surface area contributed by atoms with Crippen molar-refractivity contribution in [1.29, 1.82) is 0 Å². The van der Waals surface area contributed by atoms with Crippen molar-refractivity contribution in [2.24, 2.45) is 5.92 Å². The average molecular weight is 257 g/mol. The van der Waals surface area contributed by atoms with E-state index in [0.29, 0.717) is 5.92 Å². The van der Waals surface area contributed by atoms with E-state index in [0.717, 1.165) is 29.7 Å². The number of rotatable bonds is 3. The Morgan fingerprint density at radius 3 is 2.25 bits per heavy atom. The van der Waals surface area contributed by atoms with Crippen molar-refractivity contribution in [3.8, 4) is 11.3 Å². The Hall–Kier alpha value is -1.50. The molecule has 0 saturated heterocycles. The summed E-state index contributed by atoms with van der Waals surface area (Å²) in [5.41, 5.74) is 3.00. The quantitative estimate of drug-likeness (QED) is 0.767. The first-order valence-corrected chi connectivity index (χ1v) is 7.27. The van der Waals surface area contributed by atoms with E-state index < -0.39 is 5.21 Å². The average Bonchev–Trinajstić information content (AvgIpc) is 3.03. The van der Waals surface area contributed by atoms with Gasteiger partial charge in [0.05, 0.1) is 21.4 Å². The van der Waals surface area contributed by atoms with Crippen molar-refractivity contribution >= 4 is 15.7 Å². The van der Waals surface area contributed by atoms with Crippen LogP contribution in [0.25, 0.3) is 11.3 Å². The van der Waals surface area contributed by atoms with Crippen LogP contribution in [0.5, 0.6) is 0 Å². The molecule has 1 aromatic heterocycles. The number of benzene rings is 1. The van der Waals surface area contributed by atoms with Crippen LogP contribution in [0, 0.1) is 5.92 Å². The molecule has 1 aliphatic carbocycles. The molecule has 1 fully saturated rings. The van der Waals surface area contributed by atoms with E-state index in [4.69, 9.17) is 15.7 Å². The van der Waals surface area contributed by atoms with Gasteiger partial charge in [0.15, 0.2) is 0 Å². The maximum Gasteiger partial charge on any atom is 0.0702 e. The Kier molecular flexibility index (Phi) is 3.69. The molecule has 1 aliphatic rings. The van der Waals surface area contributed by atoms with Crippen molar-refractivity contribution in [3.63, 3.8) is 0 Å². The molecule has 0 bridgehead atoms. The fourth-order valence-electron chi connectivity index (χ4n) is 3.07. The SMILES string of the molecule is [B]C([B])(c1ccc(-c2ccccc2)nc1)C1CCCC1. The van der Waals surface area contributed by atoms with E-state index in [-0.39, 0.29) is 0 Å². The lowest BCUT2D eigenvalue weighted by atomic mass is 9.45. The highest BCUT2D eigenvalue weighted by Crippen LogP contribution is 2.38. The van der Waals surface area contributed by atoms with Crippen LogP contribution in [0.2, 0.25) is 0 Å². The highest BCUT2D eigenvalue weighted by atomic mass is 14.7. The van der Waals surface area contributed by atoms with Crippen LogP contribution in [-0.4, -0.2) is 20.7 Å². The maximum absolute atomic E-state index is 6.37. The topological polar surface area (TPSA) is 12.9 Å². The Bertz CT molecular complexity index is 557. The minimum atomic E-state index is -0.751. The van der Waals surface area contributed by atoms with Gasteiger partial charge in [0.25, 0.3) is 0 Å². The third-order valence-corrected chi connectivity index (χ3v) is 4.36. The Balaban J connectivity index is 1.86. The van der Waals surface area contributed by atoms with E-state index >= 15 is 0 Å². The van der Waals surface area contributed by atoms with Gasteiger partial charge in [-0.05, 0) is 17.5 Å². The largest absolute Gasteiger partial charge is 0.256 e. The number of aromatic nitrogens is 1. The molecule has 0 atom stereocenters. The molecule has 1 saturated carbocycles. The van der Waals surface area contributed by atoms with Crippen LogP contribution in [0.1, 0.15) is 31.2 Å². The molecule has 0 unspecified atom stereocenters. The molecule has 96 valence electrons. The normalized spacial score (nSPS) is 16.4. The number of nitrogens with zero attached hydrogens (tertiary/aromatic N) is 1. The van der Waals surface area contributed by atoms with Gasteiger partial charge in [-0.1, -0.05) is 67.3 Å². The monoisotopic (exact) mass is 257 g/mol. The third kappa shape index (κ3) is 2.54. The van der Waals surface area contributed by atoms with Gasteiger partial charge in [0, 0.05) is 11.8 Å². The van der Waals surface area contributed by atoms with Crippen molar-refractivity contribution in [3.05, 3.63) is 54.2 Å². The van der Waals surface area contributed by atoms with Crippen LogP contribution in [0.15, 0.2) is 48.7 Å². The van der Waals surface area contributed by atoms with E-state index in [1.165, 1.54) is 12.8 Å². The van der Waals surface area contributed by atoms with Gasteiger partial charge in [-0.15, -0.1) is 0 Å². The summed E-state index contributed by atoms with van der Waals surface area (Å²) in [6.45, 7) is 0. The molecule has 20 heavy (non-hydrogen) atoms. The molecule has 1 aromatic carbocycles. The van der Waals surface area contributed by atoms with Crippen molar-refractivity contribution in [1.82, 2.24) is 4.98 Å². The summed E-state index contributed by atoms with van der Waals surface area (Å²) in [6.07, 6.45) is 6.54. The second kappa shape index (κ2) is 5.47. The van der Waals surface area contributed by atoms with Crippen LogP contribution < -0.4 is 0 Å². The van der Waals surface area contributed by atoms with Gasteiger partial charge in [0.2, 0.25) is 0 Å². The highest BCUT2D eigenvalue weighted by Gasteiger charge is 2.32. The van der Waals surface area contributed by atoms with Crippen LogP contribution >= 0.6 is 0 Å². The zero-order valence-corrected chi connectivity index (χ0v) is 11.6. The summed E-state index contributed by atoms with van der Waals surface area (Å²) < 4.78 is 0. The molecular formula is C17H17B2N. The summed E-state index contributed by atoms with van der Waals surface area (Å²) in [6, 6.07) is 14.2. The molecule has 4 radical (unpaired) electrons. The van der Waals surface area contributed by atoms with Gasteiger partial charge >= 0.3 is 0 Å². The van der Waals surface area contributed by atoms with Gasteiger partial charge in [-0.2, -0.15) is 0 Å². The first-order chi connectivity index (χ1) is 9.68. The zero-order chi connectivity index (χ0) is 14.0. The number of pyridine rings is 1. The van der Waals surface area contributed by atoms with Gasteiger partial charge in [0.1, 0.15) is 0 Å². The minimum absolute atomic E-state index is 0.367. The van der Waals surface area contributed by atoms with E-state index in [1.54, 1.807) is 0 Å². The molecule has 3 heteroatoms. The smallest absolute Gasteiger partial charge is 0.0702 e. The second-order valence-electron chi connectivity index (χ2n) is 5.71. The molecule has 1 nitrogen and oxygen atoms in total. The molecule has 1 heterocycles. The van der Waals surface area contributed by atoms with E-state index in [9.17, 15) is 0 Å². The Labute approximate surface area is 123 Å². The molecular weight excluding hydrogens is 240 g/mol. The molecule has 0 amide bonds. The number of hydrogen-bond donors (Lipinski definition) is 0. The first-order valence-electron chi connectivity index (χ1n) is 7.27. The molecule has 0 aliphatic heterocycles. The molecule has 0 spiro atoms. The molecule has 2 aromatic rings. The fourth-order valence-corrected chi connectivity index (χ4v) is 3.07. The Morgan fingerprint density at radius 2 is 1.65 bits per heavy atom. The Morgan fingerprint density at radius 1 is 0.950 bits per heavy atom. The molecule has 0 N–H and O–H groups in total. The van der Waals surface area contributed by atoms with Crippen molar-refractivity contribution < 1.29 is 0 Å². The van der Waals surface area contributed by atoms with Crippen molar-refractivity contribution in [2.75, 3.05) is 0 Å². The van der Waals surface area contributed by atoms with Gasteiger partial charge in [-0.25, -0.2) is 0 Å². The van der Waals surface area contributed by atoms with Gasteiger partial charge in [-0.3, -0.25) is 4.98 Å². The minimum Gasteiger partial charge on any atom is -0.256 e. The van der Waals surface area contributed by atoms with E-state index in [1.807, 2.05) is 36.5 Å². The lowest BCUT2D eigenvalue weighted by Crippen LogP contribution is -2.35. The lowest BCUT2D eigenvalue weighted by molar-refractivity contribution is 0.485. The van der Waals surface area contributed by atoms with Crippen LogP contribution in [0.3, 0.4) is 0 Å². The summed E-state index contributed by atoms with van der Waals surface area (Å²) in [5.74, 6) is 0.367. The summed E-state index contributed by atoms with van der Waals surface area (Å²) in [4.78, 5) is 4.53. The fraction of sp³-hybridized carbons (Fsp3) is 0.353. The lowest BCUT2D eigenvalue weighted by Gasteiger charge is -2.33.